The molecule has 1 aromatic heterocycles. The van der Waals surface area contributed by atoms with Crippen molar-refractivity contribution >= 4 is 29.1 Å². The molecule has 1 saturated heterocycles. The molecule has 0 radical (unpaired) electrons. The Labute approximate surface area is 98.3 Å². The van der Waals surface area contributed by atoms with Crippen LogP contribution in [0, 0.1) is 0 Å². The molecule has 0 saturated carbocycles. The molecule has 15 heavy (non-hydrogen) atoms. The summed E-state index contributed by atoms with van der Waals surface area (Å²) in [4.78, 5) is 0. The number of nitrogens with zero attached hydrogens (tertiary/aromatic N) is 2. The molecule has 1 aromatic rings. The summed E-state index contributed by atoms with van der Waals surface area (Å²) in [6.07, 6.45) is 5.06. The maximum Gasteiger partial charge on any atom is 0.186 e. The van der Waals surface area contributed by atoms with Gasteiger partial charge in [0.2, 0.25) is 0 Å². The van der Waals surface area contributed by atoms with E-state index in [1.165, 1.54) is 19.3 Å². The first kappa shape index (κ1) is 11.1. The number of rotatable bonds is 4. The molecule has 2 rings (SSSR count). The van der Waals surface area contributed by atoms with E-state index in [9.17, 15) is 0 Å². The fourth-order valence-corrected chi connectivity index (χ4v) is 2.35. The van der Waals surface area contributed by atoms with Crippen LogP contribution < -0.4 is 5.32 Å². The largest absolute Gasteiger partial charge is 0.378 e. The number of nitrogens with one attached hydrogen (secondary N) is 1. The van der Waals surface area contributed by atoms with E-state index in [1.54, 1.807) is 0 Å². The molecule has 1 atom stereocenters. The summed E-state index contributed by atoms with van der Waals surface area (Å²) in [7, 11) is 0. The molecule has 0 aliphatic carbocycles. The number of aromatic nitrogens is 2. The first-order valence-electron chi connectivity index (χ1n) is 5.20. The Morgan fingerprint density at radius 1 is 1.47 bits per heavy atom. The smallest absolute Gasteiger partial charge is 0.186 e. The molecule has 0 spiro atoms. The van der Waals surface area contributed by atoms with Crippen molar-refractivity contribution in [2.24, 2.45) is 0 Å². The van der Waals surface area contributed by atoms with E-state index in [0.717, 1.165) is 31.3 Å². The molecule has 1 aliphatic heterocycles. The van der Waals surface area contributed by atoms with E-state index in [2.05, 4.69) is 14.1 Å². The van der Waals surface area contributed by atoms with Crippen LogP contribution in [0.1, 0.15) is 25.7 Å². The monoisotopic (exact) mass is 247 g/mol. The Bertz CT molecular complexity index is 301. The van der Waals surface area contributed by atoms with Crippen LogP contribution in [-0.4, -0.2) is 28.0 Å². The van der Waals surface area contributed by atoms with Gasteiger partial charge in [-0.15, -0.1) is 0 Å². The fourth-order valence-electron chi connectivity index (χ4n) is 1.67. The van der Waals surface area contributed by atoms with Gasteiger partial charge in [-0.05, 0) is 25.7 Å². The zero-order valence-corrected chi connectivity index (χ0v) is 9.98. The highest BCUT2D eigenvalue weighted by atomic mass is 35.5. The molecule has 6 heteroatoms. The second-order valence-corrected chi connectivity index (χ2v) is 4.49. The minimum Gasteiger partial charge on any atom is -0.378 e. The summed E-state index contributed by atoms with van der Waals surface area (Å²) in [6.45, 7) is 1.75. The maximum atomic E-state index is 5.80. The molecule has 2 heterocycles. The molecule has 0 bridgehead atoms. The van der Waals surface area contributed by atoms with Gasteiger partial charge in [0.15, 0.2) is 11.0 Å². The molecule has 0 aromatic carbocycles. The van der Waals surface area contributed by atoms with Crippen LogP contribution >= 0.6 is 23.3 Å². The van der Waals surface area contributed by atoms with Crippen molar-refractivity contribution in [3.8, 4) is 0 Å². The normalized spacial score (nSPS) is 21.5. The van der Waals surface area contributed by atoms with Crippen LogP contribution in [0.3, 0.4) is 0 Å². The minimum absolute atomic E-state index is 0.400. The van der Waals surface area contributed by atoms with Crippen LogP contribution in [0.15, 0.2) is 0 Å². The molecule has 1 aliphatic rings. The van der Waals surface area contributed by atoms with Gasteiger partial charge in [-0.3, -0.25) is 0 Å². The van der Waals surface area contributed by atoms with E-state index in [0.29, 0.717) is 17.1 Å². The molecular formula is C9H14ClN3OS. The highest BCUT2D eigenvalue weighted by Crippen LogP contribution is 2.19. The average molecular weight is 248 g/mol. The van der Waals surface area contributed by atoms with Gasteiger partial charge in [0.25, 0.3) is 0 Å². The SMILES string of the molecule is Clc1nsnc1NCCC1CCCCO1. The Balaban J connectivity index is 1.68. The second kappa shape index (κ2) is 5.63. The van der Waals surface area contributed by atoms with E-state index in [-0.39, 0.29) is 0 Å². The van der Waals surface area contributed by atoms with Gasteiger partial charge in [0.05, 0.1) is 17.8 Å². The minimum atomic E-state index is 0.400. The lowest BCUT2D eigenvalue weighted by Crippen LogP contribution is -2.22. The van der Waals surface area contributed by atoms with Gasteiger partial charge in [0, 0.05) is 13.2 Å². The van der Waals surface area contributed by atoms with Crippen molar-refractivity contribution in [1.82, 2.24) is 8.75 Å². The first-order chi connectivity index (χ1) is 7.36. The van der Waals surface area contributed by atoms with Gasteiger partial charge in [-0.2, -0.15) is 8.75 Å². The van der Waals surface area contributed by atoms with Crippen LogP contribution in [-0.2, 0) is 4.74 Å². The molecule has 1 unspecified atom stereocenters. The van der Waals surface area contributed by atoms with Crippen molar-refractivity contribution < 1.29 is 4.74 Å². The number of hydrogen-bond donors (Lipinski definition) is 1. The molecule has 1 fully saturated rings. The Hall–Kier alpha value is -0.390. The highest BCUT2D eigenvalue weighted by Gasteiger charge is 2.13. The van der Waals surface area contributed by atoms with Gasteiger partial charge in [-0.25, -0.2) is 0 Å². The Kier molecular flexibility index (Phi) is 4.17. The number of ether oxygens (including phenoxy) is 1. The third-order valence-corrected chi connectivity index (χ3v) is 3.37. The van der Waals surface area contributed by atoms with Crippen molar-refractivity contribution in [3.05, 3.63) is 5.15 Å². The van der Waals surface area contributed by atoms with Crippen molar-refractivity contribution in [3.63, 3.8) is 0 Å². The van der Waals surface area contributed by atoms with E-state index < -0.39 is 0 Å². The summed E-state index contributed by atoms with van der Waals surface area (Å²) in [5.74, 6) is 0.692. The van der Waals surface area contributed by atoms with E-state index in [4.69, 9.17) is 16.3 Å². The van der Waals surface area contributed by atoms with Gasteiger partial charge in [-0.1, -0.05) is 11.6 Å². The average Bonchev–Trinajstić information content (AvgIpc) is 2.66. The Morgan fingerprint density at radius 3 is 3.07 bits per heavy atom. The second-order valence-electron chi connectivity index (χ2n) is 3.61. The third-order valence-electron chi connectivity index (χ3n) is 2.48. The quantitative estimate of drug-likeness (QED) is 0.888. The zero-order chi connectivity index (χ0) is 10.5. The maximum absolute atomic E-state index is 5.80. The predicted molar refractivity (Wildman–Crippen MR) is 61.6 cm³/mol. The van der Waals surface area contributed by atoms with Gasteiger partial charge < -0.3 is 10.1 Å². The lowest BCUT2D eigenvalue weighted by atomic mass is 10.1. The number of anilines is 1. The number of halogens is 1. The molecule has 1 N–H and O–H groups in total. The molecule has 84 valence electrons. The van der Waals surface area contributed by atoms with Crippen LogP contribution in [0.4, 0.5) is 5.82 Å². The van der Waals surface area contributed by atoms with Crippen molar-refractivity contribution in [2.45, 2.75) is 31.8 Å². The van der Waals surface area contributed by atoms with Crippen molar-refractivity contribution in [1.29, 1.82) is 0 Å². The van der Waals surface area contributed by atoms with Gasteiger partial charge in [0.1, 0.15) is 0 Å². The van der Waals surface area contributed by atoms with Crippen LogP contribution in [0.5, 0.6) is 0 Å². The molecular weight excluding hydrogens is 234 g/mol. The summed E-state index contributed by atoms with van der Waals surface area (Å²) in [5, 5.41) is 3.63. The summed E-state index contributed by atoms with van der Waals surface area (Å²) in [6, 6.07) is 0. The highest BCUT2D eigenvalue weighted by molar-refractivity contribution is 6.99. The molecule has 0 amide bonds. The Morgan fingerprint density at radius 2 is 2.40 bits per heavy atom. The van der Waals surface area contributed by atoms with E-state index in [1.807, 2.05) is 0 Å². The predicted octanol–water partition coefficient (Wildman–Crippen LogP) is 2.56. The lowest BCUT2D eigenvalue weighted by Gasteiger charge is -2.22. The third kappa shape index (κ3) is 3.29. The first-order valence-corrected chi connectivity index (χ1v) is 6.30. The lowest BCUT2D eigenvalue weighted by molar-refractivity contribution is 0.0134. The summed E-state index contributed by atoms with van der Waals surface area (Å²) in [5.41, 5.74) is 0. The fraction of sp³-hybridized carbons (Fsp3) is 0.778. The topological polar surface area (TPSA) is 47.0 Å². The molecule has 4 nitrogen and oxygen atoms in total. The zero-order valence-electron chi connectivity index (χ0n) is 8.41. The number of hydrogen-bond acceptors (Lipinski definition) is 5. The van der Waals surface area contributed by atoms with Crippen molar-refractivity contribution in [2.75, 3.05) is 18.5 Å². The van der Waals surface area contributed by atoms with Crippen LogP contribution in [0.2, 0.25) is 5.15 Å². The standard InChI is InChI=1S/C9H14ClN3OS/c10-8-9(13-15-12-8)11-5-4-7-3-1-2-6-14-7/h7H,1-6H2,(H,11,13). The van der Waals surface area contributed by atoms with Crippen LogP contribution in [0.25, 0.3) is 0 Å². The van der Waals surface area contributed by atoms with Gasteiger partial charge >= 0.3 is 0 Å². The summed E-state index contributed by atoms with van der Waals surface area (Å²) >= 11 is 6.93. The van der Waals surface area contributed by atoms with E-state index >= 15 is 0 Å². The summed E-state index contributed by atoms with van der Waals surface area (Å²) < 4.78 is 13.6.